The first kappa shape index (κ1) is 17.2. The van der Waals surface area contributed by atoms with Crippen molar-refractivity contribution < 1.29 is 9.59 Å². The summed E-state index contributed by atoms with van der Waals surface area (Å²) in [7, 11) is 0. The van der Waals surface area contributed by atoms with E-state index in [0.29, 0.717) is 25.4 Å². The van der Waals surface area contributed by atoms with Crippen LogP contribution in [0.1, 0.15) is 32.8 Å². The van der Waals surface area contributed by atoms with Gasteiger partial charge in [0.2, 0.25) is 11.8 Å². The highest BCUT2D eigenvalue weighted by molar-refractivity contribution is 5.76. The molecular formula is C17H26N2O2. The Morgan fingerprint density at radius 3 is 2.43 bits per heavy atom. The average Bonchev–Trinajstić information content (AvgIpc) is 2.44. The molecule has 0 unspecified atom stereocenters. The third-order valence-electron chi connectivity index (χ3n) is 3.22. The molecule has 2 amide bonds. The van der Waals surface area contributed by atoms with Crippen molar-refractivity contribution in [1.29, 1.82) is 0 Å². The Morgan fingerprint density at radius 2 is 1.86 bits per heavy atom. The molecular weight excluding hydrogens is 264 g/mol. The molecule has 0 heterocycles. The van der Waals surface area contributed by atoms with Gasteiger partial charge < -0.3 is 10.2 Å². The molecule has 1 aromatic carbocycles. The van der Waals surface area contributed by atoms with Crippen molar-refractivity contribution in [2.75, 3.05) is 19.6 Å². The van der Waals surface area contributed by atoms with Crippen LogP contribution in [-0.2, 0) is 16.0 Å². The maximum absolute atomic E-state index is 11.8. The Labute approximate surface area is 127 Å². The van der Waals surface area contributed by atoms with Crippen molar-refractivity contribution >= 4 is 11.8 Å². The van der Waals surface area contributed by atoms with Gasteiger partial charge in [-0.05, 0) is 17.9 Å². The summed E-state index contributed by atoms with van der Waals surface area (Å²) in [4.78, 5) is 25.0. The van der Waals surface area contributed by atoms with Crippen LogP contribution < -0.4 is 5.32 Å². The highest BCUT2D eigenvalue weighted by Gasteiger charge is 2.10. The maximum atomic E-state index is 11.8. The number of carbonyl (C=O) groups excluding carboxylic acids is 2. The third kappa shape index (κ3) is 7.49. The highest BCUT2D eigenvalue weighted by atomic mass is 16.2. The summed E-state index contributed by atoms with van der Waals surface area (Å²) in [6, 6.07) is 9.96. The van der Waals surface area contributed by atoms with Crippen molar-refractivity contribution in [1.82, 2.24) is 10.2 Å². The van der Waals surface area contributed by atoms with Crippen LogP contribution in [0.5, 0.6) is 0 Å². The lowest BCUT2D eigenvalue weighted by Gasteiger charge is -2.23. The number of nitrogens with one attached hydrogen (secondary N) is 1. The van der Waals surface area contributed by atoms with Crippen LogP contribution in [0.25, 0.3) is 0 Å². The number of hydrogen-bond donors (Lipinski definition) is 1. The van der Waals surface area contributed by atoms with Gasteiger partial charge in [0.05, 0.1) is 0 Å². The largest absolute Gasteiger partial charge is 0.354 e. The predicted octanol–water partition coefficient (Wildman–Crippen LogP) is 2.24. The van der Waals surface area contributed by atoms with Crippen LogP contribution in [0.4, 0.5) is 0 Å². The Hall–Kier alpha value is -1.84. The van der Waals surface area contributed by atoms with Gasteiger partial charge in [-0.1, -0.05) is 44.2 Å². The Morgan fingerprint density at radius 1 is 1.19 bits per heavy atom. The fraction of sp³-hybridized carbons (Fsp3) is 0.529. The van der Waals surface area contributed by atoms with Gasteiger partial charge >= 0.3 is 0 Å². The molecule has 1 aromatic rings. The molecule has 0 bridgehead atoms. The normalized spacial score (nSPS) is 10.5. The van der Waals surface area contributed by atoms with Crippen LogP contribution in [0, 0.1) is 5.92 Å². The van der Waals surface area contributed by atoms with Crippen LogP contribution in [0.3, 0.4) is 0 Å². The minimum Gasteiger partial charge on any atom is -0.354 e. The fourth-order valence-electron chi connectivity index (χ4n) is 2.14. The molecule has 1 N–H and O–H groups in total. The molecule has 0 spiro atoms. The lowest BCUT2D eigenvalue weighted by atomic mass is 10.1. The summed E-state index contributed by atoms with van der Waals surface area (Å²) in [6.45, 7) is 7.54. The molecule has 0 aliphatic carbocycles. The molecule has 0 saturated heterocycles. The molecule has 0 radical (unpaired) electrons. The van der Waals surface area contributed by atoms with Crippen molar-refractivity contribution in [2.24, 2.45) is 5.92 Å². The number of amides is 2. The topological polar surface area (TPSA) is 49.4 Å². The third-order valence-corrected chi connectivity index (χ3v) is 3.22. The Kier molecular flexibility index (Phi) is 7.51. The Bertz CT molecular complexity index is 443. The van der Waals surface area contributed by atoms with Crippen LogP contribution >= 0.6 is 0 Å². The highest BCUT2D eigenvalue weighted by Crippen LogP contribution is 2.02. The number of rotatable bonds is 8. The monoisotopic (exact) mass is 290 g/mol. The first-order chi connectivity index (χ1) is 9.99. The first-order valence-corrected chi connectivity index (χ1v) is 7.55. The molecule has 0 atom stereocenters. The van der Waals surface area contributed by atoms with E-state index < -0.39 is 0 Å². The number of hydrogen-bond acceptors (Lipinski definition) is 2. The van der Waals surface area contributed by atoms with Gasteiger partial charge in [0.1, 0.15) is 0 Å². The van der Waals surface area contributed by atoms with E-state index in [9.17, 15) is 9.59 Å². The molecule has 116 valence electrons. The molecule has 4 nitrogen and oxygen atoms in total. The number of nitrogens with zero attached hydrogens (tertiary/aromatic N) is 1. The summed E-state index contributed by atoms with van der Waals surface area (Å²) < 4.78 is 0. The molecule has 0 aromatic heterocycles. The van der Waals surface area contributed by atoms with E-state index in [1.807, 2.05) is 30.3 Å². The van der Waals surface area contributed by atoms with E-state index in [2.05, 4.69) is 19.2 Å². The van der Waals surface area contributed by atoms with Crippen LogP contribution in [-0.4, -0.2) is 36.3 Å². The summed E-state index contributed by atoms with van der Waals surface area (Å²) in [5, 5.41) is 2.88. The summed E-state index contributed by atoms with van der Waals surface area (Å²) in [5.41, 5.74) is 1.16. The second kappa shape index (κ2) is 9.16. The van der Waals surface area contributed by atoms with Crippen LogP contribution in [0.15, 0.2) is 30.3 Å². The molecule has 0 aliphatic rings. The van der Waals surface area contributed by atoms with Crippen molar-refractivity contribution in [3.8, 4) is 0 Å². The predicted molar refractivity (Wildman–Crippen MR) is 84.9 cm³/mol. The van der Waals surface area contributed by atoms with Crippen molar-refractivity contribution in [2.45, 2.75) is 33.6 Å². The molecule has 4 heteroatoms. The van der Waals surface area contributed by atoms with E-state index >= 15 is 0 Å². The Balaban J connectivity index is 2.24. The summed E-state index contributed by atoms with van der Waals surface area (Å²) >= 11 is 0. The van der Waals surface area contributed by atoms with Crippen LogP contribution in [0.2, 0.25) is 0 Å². The van der Waals surface area contributed by atoms with Crippen molar-refractivity contribution in [3.05, 3.63) is 35.9 Å². The first-order valence-electron chi connectivity index (χ1n) is 7.55. The standard InChI is InChI=1S/C17H26N2O2/c1-14(2)13-19(15(3)20)12-11-18-17(21)10-9-16-7-5-4-6-8-16/h4-8,14H,9-13H2,1-3H3,(H,18,21). The summed E-state index contributed by atoms with van der Waals surface area (Å²) in [6.07, 6.45) is 1.23. The second-order valence-electron chi connectivity index (χ2n) is 5.69. The van der Waals surface area contributed by atoms with Gasteiger partial charge in [-0.2, -0.15) is 0 Å². The number of benzene rings is 1. The molecule has 0 saturated carbocycles. The van der Waals surface area contributed by atoms with Gasteiger partial charge in [-0.25, -0.2) is 0 Å². The van der Waals surface area contributed by atoms with E-state index in [4.69, 9.17) is 0 Å². The van der Waals surface area contributed by atoms with E-state index in [-0.39, 0.29) is 11.8 Å². The molecule has 1 rings (SSSR count). The smallest absolute Gasteiger partial charge is 0.220 e. The van der Waals surface area contributed by atoms with Gasteiger partial charge in [0, 0.05) is 33.0 Å². The van der Waals surface area contributed by atoms with Gasteiger partial charge in [-0.3, -0.25) is 9.59 Å². The van der Waals surface area contributed by atoms with E-state index in [0.717, 1.165) is 18.5 Å². The quantitative estimate of drug-likeness (QED) is 0.798. The summed E-state index contributed by atoms with van der Waals surface area (Å²) in [5.74, 6) is 0.525. The second-order valence-corrected chi connectivity index (χ2v) is 5.69. The zero-order valence-corrected chi connectivity index (χ0v) is 13.3. The average molecular weight is 290 g/mol. The molecule has 21 heavy (non-hydrogen) atoms. The van der Waals surface area contributed by atoms with Gasteiger partial charge in [0.25, 0.3) is 0 Å². The van der Waals surface area contributed by atoms with Gasteiger partial charge in [0.15, 0.2) is 0 Å². The number of carbonyl (C=O) groups is 2. The SMILES string of the molecule is CC(=O)N(CCNC(=O)CCc1ccccc1)CC(C)C. The zero-order chi connectivity index (χ0) is 15.7. The number of aryl methyl sites for hydroxylation is 1. The fourth-order valence-corrected chi connectivity index (χ4v) is 2.14. The van der Waals surface area contributed by atoms with E-state index in [1.165, 1.54) is 0 Å². The molecule has 0 aliphatic heterocycles. The zero-order valence-electron chi connectivity index (χ0n) is 13.3. The minimum absolute atomic E-state index is 0.0342. The lowest BCUT2D eigenvalue weighted by Crippen LogP contribution is -2.39. The van der Waals surface area contributed by atoms with E-state index in [1.54, 1.807) is 11.8 Å². The maximum Gasteiger partial charge on any atom is 0.220 e. The van der Waals surface area contributed by atoms with Crippen molar-refractivity contribution in [3.63, 3.8) is 0 Å². The molecule has 0 fully saturated rings. The lowest BCUT2D eigenvalue weighted by molar-refractivity contribution is -0.130. The minimum atomic E-state index is 0.0342. The van der Waals surface area contributed by atoms with Gasteiger partial charge in [-0.15, -0.1) is 0 Å².